The Kier molecular flexibility index (Phi) is 10.9. The molecule has 2 atom stereocenters. The smallest absolute Gasteiger partial charge is 0.140 e. The lowest BCUT2D eigenvalue weighted by molar-refractivity contribution is -0.120. The van der Waals surface area contributed by atoms with E-state index in [4.69, 9.17) is 0 Å². The molecule has 0 aliphatic carbocycles. The molecule has 0 saturated heterocycles. The Hall–Kier alpha value is -3.07. The number of hydrogen-bond donors (Lipinski definition) is 2. The third-order valence-corrected chi connectivity index (χ3v) is 8.08. The predicted octanol–water partition coefficient (Wildman–Crippen LogP) is 10.5. The van der Waals surface area contributed by atoms with Crippen molar-refractivity contribution >= 4 is 17.2 Å². The molecule has 3 aromatic carbocycles. The van der Waals surface area contributed by atoms with Crippen molar-refractivity contribution < 1.29 is 9.90 Å². The number of aryl methyl sites for hydroxylation is 1. The summed E-state index contributed by atoms with van der Waals surface area (Å²) in [7, 11) is 0. The Morgan fingerprint density at radius 1 is 0.780 bits per heavy atom. The summed E-state index contributed by atoms with van der Waals surface area (Å²) in [6.07, 6.45) is 4.35. The van der Waals surface area contributed by atoms with Gasteiger partial charge in [0.05, 0.1) is 0 Å². The molecule has 0 aliphatic rings. The number of hydrogen-bond acceptors (Lipinski definition) is 3. The summed E-state index contributed by atoms with van der Waals surface area (Å²) in [4.78, 5) is 13.9. The van der Waals surface area contributed by atoms with Gasteiger partial charge in [-0.15, -0.1) is 0 Å². The normalized spacial score (nSPS) is 13.7. The summed E-state index contributed by atoms with van der Waals surface area (Å²) >= 11 is 0. The summed E-state index contributed by atoms with van der Waals surface area (Å²) in [5, 5.41) is 14.6. The van der Waals surface area contributed by atoms with Crippen molar-refractivity contribution in [2.45, 2.75) is 111 Å². The molecule has 3 aromatic rings. The van der Waals surface area contributed by atoms with Gasteiger partial charge in [-0.3, -0.25) is 4.79 Å². The van der Waals surface area contributed by atoms with Gasteiger partial charge in [0.1, 0.15) is 11.5 Å². The molecule has 0 saturated carbocycles. The molecule has 0 radical (unpaired) electrons. The van der Waals surface area contributed by atoms with Crippen molar-refractivity contribution in [1.29, 1.82) is 0 Å². The lowest BCUT2D eigenvalue weighted by Crippen LogP contribution is -2.19. The fourth-order valence-corrected chi connectivity index (χ4v) is 5.50. The Labute approximate surface area is 249 Å². The number of Topliss-reactive ketones (excluding diaryl/α,β-unsaturated/α-hetero) is 1. The highest BCUT2D eigenvalue weighted by molar-refractivity contribution is 5.86. The van der Waals surface area contributed by atoms with E-state index in [1.165, 1.54) is 6.42 Å². The van der Waals surface area contributed by atoms with Gasteiger partial charge in [0.2, 0.25) is 0 Å². The second-order valence-corrected chi connectivity index (χ2v) is 14.5. The Balaban J connectivity index is 1.84. The molecule has 0 aromatic heterocycles. The number of ketones is 1. The molecule has 3 nitrogen and oxygen atoms in total. The molecular formula is C38H53NO2. The van der Waals surface area contributed by atoms with E-state index in [1.807, 2.05) is 18.2 Å². The predicted molar refractivity (Wildman–Crippen MR) is 176 cm³/mol. The Bertz CT molecular complexity index is 1230. The Morgan fingerprint density at radius 2 is 1.32 bits per heavy atom. The van der Waals surface area contributed by atoms with Gasteiger partial charge < -0.3 is 10.4 Å². The van der Waals surface area contributed by atoms with E-state index in [0.29, 0.717) is 36.2 Å². The molecule has 41 heavy (non-hydrogen) atoms. The number of nitrogens with one attached hydrogen (secondary N) is 1. The number of aromatic hydroxyl groups is 1. The molecule has 0 spiro atoms. The van der Waals surface area contributed by atoms with Gasteiger partial charge in [-0.05, 0) is 82.0 Å². The number of para-hydroxylation sites is 1. The third-order valence-electron chi connectivity index (χ3n) is 8.08. The summed E-state index contributed by atoms with van der Waals surface area (Å²) in [5.41, 5.74) is 5.82. The molecule has 0 bridgehead atoms. The highest BCUT2D eigenvalue weighted by Gasteiger charge is 2.28. The monoisotopic (exact) mass is 555 g/mol. The van der Waals surface area contributed by atoms with E-state index in [2.05, 4.69) is 116 Å². The summed E-state index contributed by atoms with van der Waals surface area (Å²) in [6, 6.07) is 22.8. The van der Waals surface area contributed by atoms with Crippen LogP contribution < -0.4 is 5.32 Å². The quantitative estimate of drug-likeness (QED) is 0.234. The van der Waals surface area contributed by atoms with Crippen molar-refractivity contribution in [3.05, 3.63) is 89.0 Å². The van der Waals surface area contributed by atoms with E-state index in [9.17, 15) is 9.90 Å². The van der Waals surface area contributed by atoms with E-state index in [-0.39, 0.29) is 16.7 Å². The van der Waals surface area contributed by atoms with Crippen LogP contribution in [-0.4, -0.2) is 10.9 Å². The van der Waals surface area contributed by atoms with Crippen molar-refractivity contribution in [1.82, 2.24) is 0 Å². The number of phenolic OH excluding ortho intramolecular Hbond substituents is 1. The number of benzene rings is 3. The van der Waals surface area contributed by atoms with Crippen LogP contribution in [0.1, 0.15) is 116 Å². The van der Waals surface area contributed by atoms with Gasteiger partial charge in [-0.1, -0.05) is 118 Å². The largest absolute Gasteiger partial charge is 0.507 e. The van der Waals surface area contributed by atoms with E-state index in [1.54, 1.807) is 0 Å². The molecular weight excluding hydrogens is 502 g/mol. The van der Waals surface area contributed by atoms with Crippen LogP contribution in [0, 0.1) is 11.8 Å². The van der Waals surface area contributed by atoms with E-state index >= 15 is 0 Å². The number of rotatable bonds is 12. The lowest BCUT2D eigenvalue weighted by atomic mass is 9.77. The highest BCUT2D eigenvalue weighted by atomic mass is 16.3. The highest BCUT2D eigenvalue weighted by Crippen LogP contribution is 2.40. The zero-order valence-electron chi connectivity index (χ0n) is 27.0. The van der Waals surface area contributed by atoms with E-state index in [0.717, 1.165) is 46.5 Å². The molecule has 3 heteroatoms. The standard InChI is InChI=1S/C38H53NO2/c1-26(2)15-16-27(3)23-32(29-18-20-31(21-19-29)39-30-13-11-10-12-14-30)35(40)22-17-28-24-33(37(4,5)6)36(41)34(25-28)38(7,8)9/h10-14,18-21,24-27,32,39,41H,15-17,22-23H2,1-9H3. The average molecular weight is 556 g/mol. The van der Waals surface area contributed by atoms with Crippen LogP contribution in [0.4, 0.5) is 11.4 Å². The second kappa shape index (κ2) is 13.7. The Morgan fingerprint density at radius 3 is 1.83 bits per heavy atom. The number of phenols is 1. The SMILES string of the molecule is CC(C)CCC(C)CC(C(=O)CCc1cc(C(C)(C)C)c(O)c(C(C)(C)C)c1)c1ccc(Nc2ccccc2)cc1. The number of carbonyl (C=O) groups excluding carboxylic acids is 1. The maximum Gasteiger partial charge on any atom is 0.140 e. The van der Waals surface area contributed by atoms with Crippen LogP contribution in [0.15, 0.2) is 66.7 Å². The van der Waals surface area contributed by atoms with Crippen molar-refractivity contribution in [2.24, 2.45) is 11.8 Å². The van der Waals surface area contributed by atoms with Crippen LogP contribution in [0.5, 0.6) is 5.75 Å². The minimum atomic E-state index is -0.186. The summed E-state index contributed by atoms with van der Waals surface area (Å²) < 4.78 is 0. The number of carbonyl (C=O) groups is 1. The van der Waals surface area contributed by atoms with Crippen molar-refractivity contribution in [3.63, 3.8) is 0 Å². The lowest BCUT2D eigenvalue weighted by Gasteiger charge is -2.28. The van der Waals surface area contributed by atoms with Crippen LogP contribution in [0.2, 0.25) is 0 Å². The summed E-state index contributed by atoms with van der Waals surface area (Å²) in [5.74, 6) is 1.71. The van der Waals surface area contributed by atoms with Crippen LogP contribution in [-0.2, 0) is 22.0 Å². The van der Waals surface area contributed by atoms with Crippen molar-refractivity contribution in [3.8, 4) is 5.75 Å². The fourth-order valence-electron chi connectivity index (χ4n) is 5.50. The minimum Gasteiger partial charge on any atom is -0.507 e. The molecule has 2 unspecified atom stereocenters. The maximum atomic E-state index is 13.9. The average Bonchev–Trinajstić information content (AvgIpc) is 2.89. The van der Waals surface area contributed by atoms with Gasteiger partial charge in [-0.25, -0.2) is 0 Å². The van der Waals surface area contributed by atoms with Crippen LogP contribution >= 0.6 is 0 Å². The van der Waals surface area contributed by atoms with Crippen LogP contribution in [0.25, 0.3) is 0 Å². The van der Waals surface area contributed by atoms with Gasteiger partial charge >= 0.3 is 0 Å². The van der Waals surface area contributed by atoms with E-state index < -0.39 is 0 Å². The van der Waals surface area contributed by atoms with Gasteiger partial charge in [0.25, 0.3) is 0 Å². The zero-order chi connectivity index (χ0) is 30.4. The molecule has 222 valence electrons. The minimum absolute atomic E-state index is 0.121. The van der Waals surface area contributed by atoms with Crippen molar-refractivity contribution in [2.75, 3.05) is 5.32 Å². The first-order valence-corrected chi connectivity index (χ1v) is 15.5. The van der Waals surface area contributed by atoms with Gasteiger partial charge in [-0.2, -0.15) is 0 Å². The fraction of sp³-hybridized carbons (Fsp3) is 0.500. The summed E-state index contributed by atoms with van der Waals surface area (Å²) in [6.45, 7) is 19.6. The molecule has 0 aliphatic heterocycles. The molecule has 0 amide bonds. The van der Waals surface area contributed by atoms with Crippen LogP contribution in [0.3, 0.4) is 0 Å². The molecule has 2 N–H and O–H groups in total. The third kappa shape index (κ3) is 9.48. The maximum absolute atomic E-state index is 13.9. The first-order valence-electron chi connectivity index (χ1n) is 15.5. The molecule has 0 heterocycles. The first kappa shape index (κ1) is 32.4. The second-order valence-electron chi connectivity index (χ2n) is 14.5. The molecule has 0 fully saturated rings. The zero-order valence-corrected chi connectivity index (χ0v) is 27.0. The topological polar surface area (TPSA) is 49.3 Å². The first-order chi connectivity index (χ1) is 19.1. The van der Waals surface area contributed by atoms with Gasteiger partial charge in [0.15, 0.2) is 0 Å². The van der Waals surface area contributed by atoms with Gasteiger partial charge in [0, 0.05) is 23.7 Å². The number of anilines is 2. The molecule has 3 rings (SSSR count).